The van der Waals surface area contributed by atoms with E-state index in [0.29, 0.717) is 11.8 Å². The second kappa shape index (κ2) is 3.40. The molecule has 64 valence electrons. The van der Waals surface area contributed by atoms with E-state index in [9.17, 15) is 5.11 Å². The number of rotatable bonds is 1. The monoisotopic (exact) mass is 154 g/mol. The van der Waals surface area contributed by atoms with Crippen LogP contribution in [0.5, 0.6) is 0 Å². The highest BCUT2D eigenvalue weighted by molar-refractivity contribution is 5.06. The van der Waals surface area contributed by atoms with Crippen LogP contribution in [-0.4, -0.2) is 11.2 Å². The zero-order valence-corrected chi connectivity index (χ0v) is 7.67. The normalized spacial score (nSPS) is 32.3. The van der Waals surface area contributed by atoms with Crippen LogP contribution in [0.1, 0.15) is 33.6 Å². The van der Waals surface area contributed by atoms with Gasteiger partial charge in [0, 0.05) is 0 Å². The minimum Gasteiger partial charge on any atom is -0.392 e. The summed E-state index contributed by atoms with van der Waals surface area (Å²) in [5, 5.41) is 9.67. The first kappa shape index (κ1) is 8.79. The van der Waals surface area contributed by atoms with Gasteiger partial charge in [0.1, 0.15) is 0 Å². The summed E-state index contributed by atoms with van der Waals surface area (Å²) < 4.78 is 0. The van der Waals surface area contributed by atoms with Gasteiger partial charge in [-0.3, -0.25) is 0 Å². The molecule has 0 bridgehead atoms. The molecule has 1 heteroatoms. The molecular weight excluding hydrogens is 136 g/mol. The average Bonchev–Trinajstić information content (AvgIpc) is 1.85. The molecule has 0 spiro atoms. The van der Waals surface area contributed by atoms with Gasteiger partial charge in [-0.25, -0.2) is 0 Å². The van der Waals surface area contributed by atoms with Crippen molar-refractivity contribution in [2.24, 2.45) is 11.8 Å². The van der Waals surface area contributed by atoms with E-state index >= 15 is 0 Å². The molecule has 0 radical (unpaired) electrons. The molecule has 0 fully saturated rings. The Morgan fingerprint density at radius 1 is 1.55 bits per heavy atom. The van der Waals surface area contributed by atoms with Gasteiger partial charge in [-0.2, -0.15) is 0 Å². The third-order valence-corrected chi connectivity index (χ3v) is 2.62. The fraction of sp³-hybridized carbons (Fsp3) is 0.800. The van der Waals surface area contributed by atoms with Gasteiger partial charge in [0.15, 0.2) is 0 Å². The predicted octanol–water partition coefficient (Wildman–Crippen LogP) is 2.36. The molecule has 0 aromatic heterocycles. The zero-order chi connectivity index (χ0) is 8.43. The Hall–Kier alpha value is -0.300. The van der Waals surface area contributed by atoms with Crippen molar-refractivity contribution in [1.82, 2.24) is 0 Å². The number of hydrogen-bond donors (Lipinski definition) is 1. The van der Waals surface area contributed by atoms with Crippen LogP contribution in [0, 0.1) is 11.8 Å². The van der Waals surface area contributed by atoms with Gasteiger partial charge in [-0.1, -0.05) is 25.5 Å². The van der Waals surface area contributed by atoms with E-state index < -0.39 is 0 Å². The van der Waals surface area contributed by atoms with Gasteiger partial charge in [0.2, 0.25) is 0 Å². The molecule has 1 rings (SSSR count). The quantitative estimate of drug-likeness (QED) is 0.575. The third-order valence-electron chi connectivity index (χ3n) is 2.62. The second-order valence-corrected chi connectivity index (χ2v) is 3.97. The number of aliphatic hydroxyl groups excluding tert-OH is 1. The number of aliphatic hydroxyl groups is 1. The molecule has 0 aromatic rings. The largest absolute Gasteiger partial charge is 0.392 e. The molecule has 0 amide bonds. The topological polar surface area (TPSA) is 20.2 Å². The Labute approximate surface area is 69.1 Å². The molecule has 2 atom stereocenters. The molecule has 0 aliphatic heterocycles. The van der Waals surface area contributed by atoms with Gasteiger partial charge in [0.25, 0.3) is 0 Å². The van der Waals surface area contributed by atoms with Crippen molar-refractivity contribution in [3.63, 3.8) is 0 Å². The van der Waals surface area contributed by atoms with Crippen LogP contribution in [0.4, 0.5) is 0 Å². The maximum atomic E-state index is 9.67. The molecule has 0 aromatic carbocycles. The summed E-state index contributed by atoms with van der Waals surface area (Å²) in [6, 6.07) is 0. The third kappa shape index (κ3) is 2.06. The van der Waals surface area contributed by atoms with Crippen molar-refractivity contribution >= 4 is 0 Å². The van der Waals surface area contributed by atoms with E-state index in [4.69, 9.17) is 0 Å². The van der Waals surface area contributed by atoms with E-state index in [0.717, 1.165) is 12.8 Å². The first-order valence-electron chi connectivity index (χ1n) is 4.45. The summed E-state index contributed by atoms with van der Waals surface area (Å²) >= 11 is 0. The lowest BCUT2D eigenvalue weighted by molar-refractivity contribution is 0.0768. The van der Waals surface area contributed by atoms with E-state index in [2.05, 4.69) is 26.8 Å². The lowest BCUT2D eigenvalue weighted by atomic mass is 9.80. The van der Waals surface area contributed by atoms with Crippen LogP contribution >= 0.6 is 0 Å². The maximum absolute atomic E-state index is 9.67. The molecule has 1 N–H and O–H groups in total. The first-order valence-corrected chi connectivity index (χ1v) is 4.45. The molecule has 0 saturated heterocycles. The van der Waals surface area contributed by atoms with Crippen LogP contribution < -0.4 is 0 Å². The summed E-state index contributed by atoms with van der Waals surface area (Å²) in [6.45, 7) is 6.46. The SMILES string of the molecule is CC1=CC[C@@H](C(C)C)[C@H](O)C1. The maximum Gasteiger partial charge on any atom is 0.0610 e. The Balaban J connectivity index is 2.58. The van der Waals surface area contributed by atoms with Gasteiger partial charge < -0.3 is 5.11 Å². The average molecular weight is 154 g/mol. The highest BCUT2D eigenvalue weighted by atomic mass is 16.3. The molecular formula is C10H18O. The fourth-order valence-corrected chi connectivity index (χ4v) is 1.78. The lowest BCUT2D eigenvalue weighted by Gasteiger charge is -2.29. The van der Waals surface area contributed by atoms with Crippen molar-refractivity contribution in [1.29, 1.82) is 0 Å². The van der Waals surface area contributed by atoms with Crippen molar-refractivity contribution in [3.8, 4) is 0 Å². The molecule has 0 heterocycles. The van der Waals surface area contributed by atoms with E-state index in [1.54, 1.807) is 0 Å². The van der Waals surface area contributed by atoms with Crippen LogP contribution in [0.3, 0.4) is 0 Å². The minimum absolute atomic E-state index is 0.0972. The Morgan fingerprint density at radius 3 is 2.64 bits per heavy atom. The van der Waals surface area contributed by atoms with E-state index in [-0.39, 0.29) is 6.10 Å². The van der Waals surface area contributed by atoms with E-state index in [1.165, 1.54) is 5.57 Å². The highest BCUT2D eigenvalue weighted by Gasteiger charge is 2.24. The Morgan fingerprint density at radius 2 is 2.18 bits per heavy atom. The molecule has 0 saturated carbocycles. The summed E-state index contributed by atoms with van der Waals surface area (Å²) in [7, 11) is 0. The number of allylic oxidation sites excluding steroid dienone is 1. The summed E-state index contributed by atoms with van der Waals surface area (Å²) in [4.78, 5) is 0. The zero-order valence-electron chi connectivity index (χ0n) is 7.67. The van der Waals surface area contributed by atoms with E-state index in [1.807, 2.05) is 0 Å². The van der Waals surface area contributed by atoms with Crippen LogP contribution in [-0.2, 0) is 0 Å². The molecule has 1 aliphatic rings. The molecule has 0 unspecified atom stereocenters. The second-order valence-electron chi connectivity index (χ2n) is 3.97. The fourth-order valence-electron chi connectivity index (χ4n) is 1.78. The minimum atomic E-state index is -0.0972. The summed E-state index contributed by atoms with van der Waals surface area (Å²) in [5.74, 6) is 1.09. The summed E-state index contributed by atoms with van der Waals surface area (Å²) in [6.07, 6.45) is 4.10. The lowest BCUT2D eigenvalue weighted by Crippen LogP contribution is -2.27. The van der Waals surface area contributed by atoms with Gasteiger partial charge >= 0.3 is 0 Å². The van der Waals surface area contributed by atoms with Crippen molar-refractivity contribution in [2.45, 2.75) is 39.7 Å². The van der Waals surface area contributed by atoms with Crippen LogP contribution in [0.15, 0.2) is 11.6 Å². The summed E-state index contributed by atoms with van der Waals surface area (Å²) in [5.41, 5.74) is 1.34. The van der Waals surface area contributed by atoms with Gasteiger partial charge in [-0.05, 0) is 31.6 Å². The smallest absolute Gasteiger partial charge is 0.0610 e. The van der Waals surface area contributed by atoms with Crippen molar-refractivity contribution < 1.29 is 5.11 Å². The Kier molecular flexibility index (Phi) is 2.72. The van der Waals surface area contributed by atoms with Crippen LogP contribution in [0.2, 0.25) is 0 Å². The number of hydrogen-bond acceptors (Lipinski definition) is 1. The van der Waals surface area contributed by atoms with Crippen molar-refractivity contribution in [3.05, 3.63) is 11.6 Å². The highest BCUT2D eigenvalue weighted by Crippen LogP contribution is 2.29. The Bertz CT molecular complexity index is 158. The first-order chi connectivity index (χ1) is 5.11. The molecule has 1 nitrogen and oxygen atoms in total. The van der Waals surface area contributed by atoms with Crippen molar-refractivity contribution in [2.75, 3.05) is 0 Å². The standard InChI is InChI=1S/C10H18O/c1-7(2)9-5-4-8(3)6-10(9)11/h4,7,9-11H,5-6H2,1-3H3/t9-,10+/m0/s1. The van der Waals surface area contributed by atoms with Gasteiger partial charge in [-0.15, -0.1) is 0 Å². The van der Waals surface area contributed by atoms with Crippen LogP contribution in [0.25, 0.3) is 0 Å². The molecule has 1 aliphatic carbocycles. The predicted molar refractivity (Wildman–Crippen MR) is 47.3 cm³/mol. The van der Waals surface area contributed by atoms with Gasteiger partial charge in [0.05, 0.1) is 6.10 Å². The molecule has 11 heavy (non-hydrogen) atoms.